The minimum absolute atomic E-state index is 0.117. The highest BCUT2D eigenvalue weighted by molar-refractivity contribution is 5.13. The van der Waals surface area contributed by atoms with Gasteiger partial charge in [0, 0.05) is 6.04 Å². The van der Waals surface area contributed by atoms with E-state index in [1.54, 1.807) is 0 Å². The summed E-state index contributed by atoms with van der Waals surface area (Å²) in [5.74, 6) is 0. The maximum Gasteiger partial charge on any atom is 0.0717 e. The van der Waals surface area contributed by atoms with Crippen LogP contribution in [0, 0.1) is 0 Å². The summed E-state index contributed by atoms with van der Waals surface area (Å²) in [6.45, 7) is 4.92. The van der Waals surface area contributed by atoms with Crippen molar-refractivity contribution in [3.8, 4) is 0 Å². The lowest BCUT2D eigenvalue weighted by Crippen LogP contribution is -2.25. The molecule has 0 aromatic heterocycles. The lowest BCUT2D eigenvalue weighted by molar-refractivity contribution is 0.106. The molecule has 0 amide bonds. The quantitative estimate of drug-likeness (QED) is 0.694. The molecule has 0 fully saturated rings. The van der Waals surface area contributed by atoms with E-state index in [0.29, 0.717) is 13.2 Å². The molecule has 0 radical (unpaired) electrons. The summed E-state index contributed by atoms with van der Waals surface area (Å²) in [4.78, 5) is 0. The zero-order valence-corrected chi connectivity index (χ0v) is 9.06. The normalized spacial score (nSPS) is 12.3. The molecule has 1 aromatic carbocycles. The summed E-state index contributed by atoms with van der Waals surface area (Å²) < 4.78 is 5.52. The van der Waals surface area contributed by atoms with E-state index in [4.69, 9.17) is 10.5 Å². The minimum atomic E-state index is 0.117. The van der Waals surface area contributed by atoms with Crippen LogP contribution < -0.4 is 5.73 Å². The molecule has 2 heteroatoms. The number of hydrogen-bond donors (Lipinski definition) is 1. The van der Waals surface area contributed by atoms with Crippen LogP contribution in [0.2, 0.25) is 0 Å². The van der Waals surface area contributed by atoms with Crippen LogP contribution in [0.1, 0.15) is 18.4 Å². The fourth-order valence-corrected chi connectivity index (χ4v) is 1.32. The molecule has 1 rings (SSSR count). The van der Waals surface area contributed by atoms with Crippen molar-refractivity contribution in [3.63, 3.8) is 0 Å². The Morgan fingerprint density at radius 1 is 1.33 bits per heavy atom. The Balaban J connectivity index is 2.13. The average molecular weight is 205 g/mol. The maximum atomic E-state index is 5.85. The zero-order valence-electron chi connectivity index (χ0n) is 9.06. The van der Waals surface area contributed by atoms with Crippen molar-refractivity contribution in [2.24, 2.45) is 5.73 Å². The molecular weight excluding hydrogens is 186 g/mol. The molecule has 0 bridgehead atoms. The van der Waals surface area contributed by atoms with Crippen molar-refractivity contribution in [2.45, 2.75) is 25.5 Å². The van der Waals surface area contributed by atoms with E-state index in [9.17, 15) is 0 Å². The largest absolute Gasteiger partial charge is 0.375 e. The Kier molecular flexibility index (Phi) is 5.74. The molecule has 0 spiro atoms. The van der Waals surface area contributed by atoms with Gasteiger partial charge in [-0.2, -0.15) is 0 Å². The van der Waals surface area contributed by atoms with E-state index in [2.05, 4.69) is 18.7 Å². The Morgan fingerprint density at radius 2 is 2.07 bits per heavy atom. The monoisotopic (exact) mass is 205 g/mol. The van der Waals surface area contributed by atoms with Crippen LogP contribution >= 0.6 is 0 Å². The van der Waals surface area contributed by atoms with Gasteiger partial charge in [-0.15, -0.1) is 6.58 Å². The topological polar surface area (TPSA) is 35.2 Å². The molecule has 0 saturated carbocycles. The molecule has 0 aliphatic heterocycles. The number of benzene rings is 1. The standard InChI is InChI=1S/C13H19NO/c1-2-3-9-13(14)11-15-10-12-7-5-4-6-8-12/h2,4-8,13H,1,3,9-11,14H2. The van der Waals surface area contributed by atoms with Crippen LogP contribution in [0.25, 0.3) is 0 Å². The van der Waals surface area contributed by atoms with Crippen LogP contribution in [-0.2, 0) is 11.3 Å². The molecule has 1 unspecified atom stereocenters. The Hall–Kier alpha value is -1.12. The molecular formula is C13H19NO. The third-order valence-corrected chi connectivity index (χ3v) is 2.19. The highest BCUT2D eigenvalue weighted by atomic mass is 16.5. The molecule has 0 aliphatic rings. The van der Waals surface area contributed by atoms with Gasteiger partial charge in [0.15, 0.2) is 0 Å². The molecule has 2 nitrogen and oxygen atoms in total. The van der Waals surface area contributed by atoms with Gasteiger partial charge in [-0.05, 0) is 18.4 Å². The summed E-state index contributed by atoms with van der Waals surface area (Å²) >= 11 is 0. The smallest absolute Gasteiger partial charge is 0.0717 e. The van der Waals surface area contributed by atoms with E-state index < -0.39 is 0 Å². The van der Waals surface area contributed by atoms with Crippen LogP contribution in [0.3, 0.4) is 0 Å². The van der Waals surface area contributed by atoms with E-state index in [0.717, 1.165) is 12.8 Å². The summed E-state index contributed by atoms with van der Waals surface area (Å²) in [7, 11) is 0. The molecule has 1 aromatic rings. The molecule has 2 N–H and O–H groups in total. The number of ether oxygens (including phenoxy) is 1. The summed E-state index contributed by atoms with van der Waals surface area (Å²) in [5, 5.41) is 0. The Morgan fingerprint density at radius 3 is 2.73 bits per heavy atom. The van der Waals surface area contributed by atoms with Gasteiger partial charge in [0.25, 0.3) is 0 Å². The molecule has 82 valence electrons. The predicted molar refractivity (Wildman–Crippen MR) is 63.5 cm³/mol. The molecule has 0 heterocycles. The Labute approximate surface area is 91.7 Å². The van der Waals surface area contributed by atoms with Gasteiger partial charge in [0.1, 0.15) is 0 Å². The number of allylic oxidation sites excluding steroid dienone is 1. The van der Waals surface area contributed by atoms with Gasteiger partial charge in [-0.1, -0.05) is 36.4 Å². The lowest BCUT2D eigenvalue weighted by Gasteiger charge is -2.10. The van der Waals surface area contributed by atoms with Crippen molar-refractivity contribution in [2.75, 3.05) is 6.61 Å². The summed E-state index contributed by atoms with van der Waals surface area (Å²) in [6, 6.07) is 10.2. The van der Waals surface area contributed by atoms with Crippen molar-refractivity contribution in [3.05, 3.63) is 48.6 Å². The van der Waals surface area contributed by atoms with Crippen molar-refractivity contribution < 1.29 is 4.74 Å². The van der Waals surface area contributed by atoms with Gasteiger partial charge in [0.05, 0.1) is 13.2 Å². The van der Waals surface area contributed by atoms with E-state index in [-0.39, 0.29) is 6.04 Å². The third kappa shape index (κ3) is 5.35. The highest BCUT2D eigenvalue weighted by Crippen LogP contribution is 2.02. The van der Waals surface area contributed by atoms with Gasteiger partial charge in [0.2, 0.25) is 0 Å². The van der Waals surface area contributed by atoms with E-state index >= 15 is 0 Å². The first-order valence-corrected chi connectivity index (χ1v) is 5.31. The van der Waals surface area contributed by atoms with Crippen molar-refractivity contribution in [1.82, 2.24) is 0 Å². The number of nitrogens with two attached hydrogens (primary N) is 1. The van der Waals surface area contributed by atoms with Gasteiger partial charge >= 0.3 is 0 Å². The Bertz CT molecular complexity index is 271. The fraction of sp³-hybridized carbons (Fsp3) is 0.385. The lowest BCUT2D eigenvalue weighted by atomic mass is 10.2. The summed E-state index contributed by atoms with van der Waals surface area (Å²) in [6.07, 6.45) is 3.78. The van der Waals surface area contributed by atoms with E-state index in [1.165, 1.54) is 5.56 Å². The number of hydrogen-bond acceptors (Lipinski definition) is 2. The molecule has 15 heavy (non-hydrogen) atoms. The first kappa shape index (κ1) is 12.0. The molecule has 0 saturated heterocycles. The van der Waals surface area contributed by atoms with Crippen LogP contribution in [-0.4, -0.2) is 12.6 Å². The van der Waals surface area contributed by atoms with Gasteiger partial charge < -0.3 is 10.5 Å². The SMILES string of the molecule is C=CCCC(N)COCc1ccccc1. The van der Waals surface area contributed by atoms with Gasteiger partial charge in [-0.3, -0.25) is 0 Å². The minimum Gasteiger partial charge on any atom is -0.375 e. The van der Waals surface area contributed by atoms with Crippen molar-refractivity contribution >= 4 is 0 Å². The van der Waals surface area contributed by atoms with Crippen LogP contribution in [0.15, 0.2) is 43.0 Å². The average Bonchev–Trinajstić information content (AvgIpc) is 2.28. The van der Waals surface area contributed by atoms with E-state index in [1.807, 2.05) is 24.3 Å². The summed E-state index contributed by atoms with van der Waals surface area (Å²) in [5.41, 5.74) is 7.04. The molecule has 1 atom stereocenters. The van der Waals surface area contributed by atoms with Crippen molar-refractivity contribution in [1.29, 1.82) is 0 Å². The fourth-order valence-electron chi connectivity index (χ4n) is 1.32. The third-order valence-electron chi connectivity index (χ3n) is 2.19. The maximum absolute atomic E-state index is 5.85. The predicted octanol–water partition coefficient (Wildman–Crippen LogP) is 2.50. The zero-order chi connectivity index (χ0) is 10.9. The molecule has 0 aliphatic carbocycles. The number of rotatable bonds is 7. The second-order valence-electron chi connectivity index (χ2n) is 3.63. The second kappa shape index (κ2) is 7.21. The van der Waals surface area contributed by atoms with Crippen LogP contribution in [0.4, 0.5) is 0 Å². The first-order valence-electron chi connectivity index (χ1n) is 5.31. The first-order chi connectivity index (χ1) is 7.33. The highest BCUT2D eigenvalue weighted by Gasteiger charge is 2.01. The van der Waals surface area contributed by atoms with Gasteiger partial charge in [-0.25, -0.2) is 0 Å². The second-order valence-corrected chi connectivity index (χ2v) is 3.63. The van der Waals surface area contributed by atoms with Crippen LogP contribution in [0.5, 0.6) is 0 Å².